The van der Waals surface area contributed by atoms with Crippen molar-refractivity contribution in [3.63, 3.8) is 0 Å². The van der Waals surface area contributed by atoms with Crippen molar-refractivity contribution in [2.45, 2.75) is 13.0 Å². The fraction of sp³-hybridized carbons (Fsp3) is 0.133. The third-order valence-corrected chi connectivity index (χ3v) is 3.53. The van der Waals surface area contributed by atoms with Gasteiger partial charge in [0.2, 0.25) is 0 Å². The standard InChI is InChI=1S/C15H13N3OS/c19-14-12-6-1-2-7-13(12)17-15(20)18(14)10-8-11-5-3-4-9-16-11/h1-7,9H,8,10H2,(H,17,20). The third kappa shape index (κ3) is 2.40. The zero-order chi connectivity index (χ0) is 13.9. The maximum absolute atomic E-state index is 12.4. The van der Waals surface area contributed by atoms with Crippen LogP contribution in [0.25, 0.3) is 10.9 Å². The molecular weight excluding hydrogens is 270 g/mol. The van der Waals surface area contributed by atoms with Crippen LogP contribution >= 0.6 is 12.2 Å². The lowest BCUT2D eigenvalue weighted by molar-refractivity contribution is 0.644. The van der Waals surface area contributed by atoms with Gasteiger partial charge < -0.3 is 4.98 Å². The Labute approximate surface area is 120 Å². The number of para-hydroxylation sites is 1. The van der Waals surface area contributed by atoms with Crippen molar-refractivity contribution in [2.24, 2.45) is 0 Å². The highest BCUT2D eigenvalue weighted by atomic mass is 32.1. The van der Waals surface area contributed by atoms with E-state index in [4.69, 9.17) is 12.2 Å². The van der Waals surface area contributed by atoms with Crippen molar-refractivity contribution >= 4 is 23.1 Å². The van der Waals surface area contributed by atoms with E-state index >= 15 is 0 Å². The summed E-state index contributed by atoms with van der Waals surface area (Å²) in [4.78, 5) is 19.8. The van der Waals surface area contributed by atoms with Gasteiger partial charge in [0.15, 0.2) is 4.77 Å². The summed E-state index contributed by atoms with van der Waals surface area (Å²) >= 11 is 5.27. The molecule has 0 saturated carbocycles. The molecule has 1 aromatic carbocycles. The molecule has 0 aliphatic rings. The Kier molecular flexibility index (Phi) is 3.43. The molecule has 0 amide bonds. The lowest BCUT2D eigenvalue weighted by Crippen LogP contribution is -2.23. The van der Waals surface area contributed by atoms with Crippen LogP contribution in [-0.4, -0.2) is 14.5 Å². The molecule has 1 N–H and O–H groups in total. The van der Waals surface area contributed by atoms with Crippen LogP contribution in [0.15, 0.2) is 53.5 Å². The van der Waals surface area contributed by atoms with Crippen LogP contribution in [0.3, 0.4) is 0 Å². The highest BCUT2D eigenvalue weighted by Crippen LogP contribution is 2.06. The van der Waals surface area contributed by atoms with Crippen molar-refractivity contribution in [3.05, 3.63) is 69.5 Å². The molecule has 4 nitrogen and oxygen atoms in total. The Hall–Kier alpha value is -2.27. The minimum atomic E-state index is -0.0553. The number of fused-ring (bicyclic) bond motifs is 1. The van der Waals surface area contributed by atoms with Gasteiger partial charge in [-0.2, -0.15) is 0 Å². The van der Waals surface area contributed by atoms with Crippen LogP contribution < -0.4 is 5.56 Å². The van der Waals surface area contributed by atoms with Crippen LogP contribution in [0.1, 0.15) is 5.69 Å². The lowest BCUT2D eigenvalue weighted by Gasteiger charge is -2.07. The zero-order valence-corrected chi connectivity index (χ0v) is 11.6. The molecule has 20 heavy (non-hydrogen) atoms. The van der Waals surface area contributed by atoms with E-state index in [2.05, 4.69) is 9.97 Å². The smallest absolute Gasteiger partial charge is 0.262 e. The molecule has 0 atom stereocenters. The predicted octanol–water partition coefficient (Wildman–Crippen LogP) is 2.70. The average molecular weight is 283 g/mol. The maximum Gasteiger partial charge on any atom is 0.262 e. The predicted molar refractivity (Wildman–Crippen MR) is 81.3 cm³/mol. The third-order valence-electron chi connectivity index (χ3n) is 3.21. The number of hydrogen-bond donors (Lipinski definition) is 1. The van der Waals surface area contributed by atoms with Crippen molar-refractivity contribution in [1.29, 1.82) is 0 Å². The second-order valence-corrected chi connectivity index (χ2v) is 4.89. The summed E-state index contributed by atoms with van der Waals surface area (Å²) in [6.07, 6.45) is 2.43. The number of aromatic nitrogens is 3. The number of benzene rings is 1. The van der Waals surface area contributed by atoms with Crippen LogP contribution in [-0.2, 0) is 13.0 Å². The topological polar surface area (TPSA) is 50.7 Å². The van der Waals surface area contributed by atoms with Crippen LogP contribution in [0.5, 0.6) is 0 Å². The van der Waals surface area contributed by atoms with Gasteiger partial charge in [0, 0.05) is 24.9 Å². The molecule has 0 bridgehead atoms. The first-order valence-electron chi connectivity index (χ1n) is 6.37. The van der Waals surface area contributed by atoms with E-state index in [1.807, 2.05) is 36.4 Å². The van der Waals surface area contributed by atoms with Gasteiger partial charge in [0.05, 0.1) is 10.9 Å². The summed E-state index contributed by atoms with van der Waals surface area (Å²) in [5.41, 5.74) is 1.67. The number of nitrogens with one attached hydrogen (secondary N) is 1. The van der Waals surface area contributed by atoms with E-state index in [0.717, 1.165) is 11.2 Å². The average Bonchev–Trinajstić information content (AvgIpc) is 2.48. The molecule has 0 fully saturated rings. The minimum Gasteiger partial charge on any atom is -0.332 e. The van der Waals surface area contributed by atoms with Crippen LogP contribution in [0, 0.1) is 4.77 Å². The molecule has 100 valence electrons. The summed E-state index contributed by atoms with van der Waals surface area (Å²) in [5.74, 6) is 0. The molecule has 5 heteroatoms. The number of rotatable bonds is 3. The Morgan fingerprint density at radius 1 is 1.15 bits per heavy atom. The van der Waals surface area contributed by atoms with E-state index < -0.39 is 0 Å². The molecule has 3 rings (SSSR count). The van der Waals surface area contributed by atoms with Gasteiger partial charge in [-0.3, -0.25) is 14.3 Å². The summed E-state index contributed by atoms with van der Waals surface area (Å²) < 4.78 is 2.04. The number of aromatic amines is 1. The molecule has 3 aromatic rings. The highest BCUT2D eigenvalue weighted by Gasteiger charge is 2.05. The van der Waals surface area contributed by atoms with E-state index in [-0.39, 0.29) is 5.56 Å². The van der Waals surface area contributed by atoms with Gasteiger partial charge in [0.1, 0.15) is 0 Å². The zero-order valence-electron chi connectivity index (χ0n) is 10.7. The fourth-order valence-corrected chi connectivity index (χ4v) is 2.46. The van der Waals surface area contributed by atoms with Gasteiger partial charge in [0.25, 0.3) is 5.56 Å². The Balaban J connectivity index is 2.00. The van der Waals surface area contributed by atoms with Gasteiger partial charge in [-0.25, -0.2) is 0 Å². The molecule has 2 aromatic heterocycles. The summed E-state index contributed by atoms with van der Waals surface area (Å²) in [5, 5.41) is 0.655. The normalized spacial score (nSPS) is 10.8. The van der Waals surface area contributed by atoms with Gasteiger partial charge >= 0.3 is 0 Å². The molecule has 0 aliphatic heterocycles. The van der Waals surface area contributed by atoms with Gasteiger partial charge in [-0.1, -0.05) is 18.2 Å². The second kappa shape index (κ2) is 5.38. The van der Waals surface area contributed by atoms with Crippen molar-refractivity contribution in [1.82, 2.24) is 14.5 Å². The molecule has 0 radical (unpaired) electrons. The number of nitrogens with zero attached hydrogens (tertiary/aromatic N) is 2. The van der Waals surface area contributed by atoms with Gasteiger partial charge in [-0.05, 0) is 36.5 Å². The van der Waals surface area contributed by atoms with Crippen LogP contribution in [0.4, 0.5) is 0 Å². The number of pyridine rings is 1. The summed E-state index contributed by atoms with van der Waals surface area (Å²) in [7, 11) is 0. The Morgan fingerprint density at radius 3 is 2.75 bits per heavy atom. The first kappa shape index (κ1) is 12.7. The molecule has 2 heterocycles. The summed E-state index contributed by atoms with van der Waals surface area (Å²) in [6.45, 7) is 0.524. The van der Waals surface area contributed by atoms with E-state index in [1.54, 1.807) is 16.8 Å². The van der Waals surface area contributed by atoms with E-state index in [9.17, 15) is 4.79 Å². The quantitative estimate of drug-likeness (QED) is 0.752. The van der Waals surface area contributed by atoms with Crippen molar-refractivity contribution < 1.29 is 0 Å². The SMILES string of the molecule is O=c1c2ccccc2[nH]c(=S)n1CCc1ccccn1. The molecule has 0 spiro atoms. The Bertz CT molecular complexity index is 852. The molecule has 0 saturated heterocycles. The minimum absolute atomic E-state index is 0.0553. The molecule has 0 aliphatic carbocycles. The van der Waals surface area contributed by atoms with Gasteiger partial charge in [-0.15, -0.1) is 0 Å². The largest absolute Gasteiger partial charge is 0.332 e. The number of hydrogen-bond acceptors (Lipinski definition) is 3. The number of H-pyrrole nitrogens is 1. The fourth-order valence-electron chi connectivity index (χ4n) is 2.17. The molecule has 0 unspecified atom stereocenters. The second-order valence-electron chi connectivity index (χ2n) is 4.50. The number of aryl methyl sites for hydroxylation is 1. The first-order valence-corrected chi connectivity index (χ1v) is 6.78. The maximum atomic E-state index is 12.4. The summed E-state index contributed by atoms with van der Waals surface area (Å²) in [6, 6.07) is 13.1. The highest BCUT2D eigenvalue weighted by molar-refractivity contribution is 7.71. The lowest BCUT2D eigenvalue weighted by atomic mass is 10.2. The Morgan fingerprint density at radius 2 is 1.95 bits per heavy atom. The molecular formula is C15H13N3OS. The van der Waals surface area contributed by atoms with E-state index in [1.165, 1.54) is 0 Å². The van der Waals surface area contributed by atoms with Crippen LogP contribution in [0.2, 0.25) is 0 Å². The monoisotopic (exact) mass is 283 g/mol. The van der Waals surface area contributed by atoms with E-state index in [0.29, 0.717) is 23.1 Å². The van der Waals surface area contributed by atoms with Crippen molar-refractivity contribution in [3.8, 4) is 0 Å². The van der Waals surface area contributed by atoms with Crippen molar-refractivity contribution in [2.75, 3.05) is 0 Å². The first-order chi connectivity index (χ1) is 9.75.